The quantitative estimate of drug-likeness (QED) is 0.841. The molecule has 0 unspecified atom stereocenters. The fourth-order valence-electron chi connectivity index (χ4n) is 3.65. The highest BCUT2D eigenvalue weighted by atomic mass is 32.2. The van der Waals surface area contributed by atoms with Crippen molar-refractivity contribution in [3.05, 3.63) is 24.3 Å². The number of carbonyl (C=O) groups is 1. The van der Waals surface area contributed by atoms with Crippen molar-refractivity contribution in [2.45, 2.75) is 36.6 Å². The SMILES string of the molecule is CSc1cccc(NC(=O)CN2CCC(N3CCCC3)CC2)c1. The smallest absolute Gasteiger partial charge is 0.238 e. The number of nitrogens with zero attached hydrogens (tertiary/aromatic N) is 2. The summed E-state index contributed by atoms with van der Waals surface area (Å²) >= 11 is 1.69. The number of carbonyl (C=O) groups excluding carboxylic acids is 1. The van der Waals surface area contributed by atoms with Gasteiger partial charge in [0.05, 0.1) is 6.54 Å². The summed E-state index contributed by atoms with van der Waals surface area (Å²) in [6, 6.07) is 8.78. The minimum Gasteiger partial charge on any atom is -0.325 e. The van der Waals surface area contributed by atoms with E-state index in [-0.39, 0.29) is 5.91 Å². The highest BCUT2D eigenvalue weighted by Crippen LogP contribution is 2.21. The molecule has 2 aliphatic heterocycles. The lowest BCUT2D eigenvalue weighted by Gasteiger charge is -2.36. The molecule has 4 nitrogen and oxygen atoms in total. The third kappa shape index (κ3) is 4.72. The van der Waals surface area contributed by atoms with Gasteiger partial charge in [0.2, 0.25) is 5.91 Å². The second-order valence-electron chi connectivity index (χ2n) is 6.53. The van der Waals surface area contributed by atoms with Crippen LogP contribution in [-0.4, -0.2) is 60.7 Å². The van der Waals surface area contributed by atoms with Crippen LogP contribution in [0.1, 0.15) is 25.7 Å². The molecular formula is C18H27N3OS. The van der Waals surface area contributed by atoms with Gasteiger partial charge in [-0.3, -0.25) is 9.69 Å². The maximum Gasteiger partial charge on any atom is 0.238 e. The largest absolute Gasteiger partial charge is 0.325 e. The number of rotatable bonds is 5. The average molecular weight is 334 g/mol. The zero-order valence-electron chi connectivity index (χ0n) is 14.0. The molecule has 2 heterocycles. The molecule has 1 amide bonds. The summed E-state index contributed by atoms with van der Waals surface area (Å²) in [5.74, 6) is 0.0999. The van der Waals surface area contributed by atoms with Crippen molar-refractivity contribution in [1.82, 2.24) is 9.80 Å². The van der Waals surface area contributed by atoms with Crippen LogP contribution < -0.4 is 5.32 Å². The number of hydrogen-bond acceptors (Lipinski definition) is 4. The Morgan fingerprint density at radius 2 is 1.96 bits per heavy atom. The number of anilines is 1. The minimum absolute atomic E-state index is 0.0999. The molecule has 23 heavy (non-hydrogen) atoms. The van der Waals surface area contributed by atoms with Crippen LogP contribution in [0.5, 0.6) is 0 Å². The van der Waals surface area contributed by atoms with Crippen molar-refractivity contribution < 1.29 is 4.79 Å². The Labute approximate surface area is 143 Å². The normalized spacial score (nSPS) is 20.7. The van der Waals surface area contributed by atoms with Crippen LogP contribution in [-0.2, 0) is 4.79 Å². The first-order chi connectivity index (χ1) is 11.2. The van der Waals surface area contributed by atoms with Crippen molar-refractivity contribution in [1.29, 1.82) is 0 Å². The van der Waals surface area contributed by atoms with Crippen LogP contribution in [0, 0.1) is 0 Å². The van der Waals surface area contributed by atoms with Gasteiger partial charge in [0.15, 0.2) is 0 Å². The fraction of sp³-hybridized carbons (Fsp3) is 0.611. The predicted octanol–water partition coefficient (Wildman–Crippen LogP) is 2.91. The van der Waals surface area contributed by atoms with Gasteiger partial charge in [-0.25, -0.2) is 0 Å². The second-order valence-corrected chi connectivity index (χ2v) is 7.41. The van der Waals surface area contributed by atoms with Gasteiger partial charge in [0.1, 0.15) is 0 Å². The molecule has 2 fully saturated rings. The van der Waals surface area contributed by atoms with Crippen molar-refractivity contribution in [2.24, 2.45) is 0 Å². The molecule has 0 bridgehead atoms. The van der Waals surface area contributed by atoms with E-state index in [9.17, 15) is 4.79 Å². The van der Waals surface area contributed by atoms with Crippen molar-refractivity contribution in [2.75, 3.05) is 44.3 Å². The van der Waals surface area contributed by atoms with Crippen LogP contribution in [0.2, 0.25) is 0 Å². The van der Waals surface area contributed by atoms with E-state index in [1.54, 1.807) is 11.8 Å². The van der Waals surface area contributed by atoms with E-state index in [0.29, 0.717) is 6.54 Å². The summed E-state index contributed by atoms with van der Waals surface area (Å²) < 4.78 is 0. The van der Waals surface area contributed by atoms with Gasteiger partial charge in [-0.2, -0.15) is 0 Å². The van der Waals surface area contributed by atoms with E-state index in [1.165, 1.54) is 43.7 Å². The summed E-state index contributed by atoms with van der Waals surface area (Å²) in [6.07, 6.45) is 7.17. The molecule has 0 spiro atoms. The van der Waals surface area contributed by atoms with Crippen LogP contribution in [0.25, 0.3) is 0 Å². The molecule has 0 saturated carbocycles. The molecule has 1 aromatic carbocycles. The first-order valence-corrected chi connectivity index (χ1v) is 9.87. The summed E-state index contributed by atoms with van der Waals surface area (Å²) in [6.45, 7) is 5.14. The minimum atomic E-state index is 0.0999. The molecule has 126 valence electrons. The van der Waals surface area contributed by atoms with Gasteiger partial charge in [0, 0.05) is 29.7 Å². The molecule has 2 aliphatic rings. The van der Waals surface area contributed by atoms with Gasteiger partial charge >= 0.3 is 0 Å². The molecule has 3 rings (SSSR count). The molecule has 0 aliphatic carbocycles. The molecule has 1 N–H and O–H groups in total. The van der Waals surface area contributed by atoms with Crippen molar-refractivity contribution in [3.63, 3.8) is 0 Å². The standard InChI is InChI=1S/C18H27N3OS/c1-23-17-6-4-5-15(13-17)19-18(22)14-20-11-7-16(8-12-20)21-9-2-3-10-21/h4-6,13,16H,2-3,7-12,14H2,1H3,(H,19,22). The number of hydrogen-bond donors (Lipinski definition) is 1. The maximum atomic E-state index is 12.2. The van der Waals surface area contributed by atoms with Crippen LogP contribution in [0.4, 0.5) is 5.69 Å². The van der Waals surface area contributed by atoms with Crippen LogP contribution in [0.3, 0.4) is 0 Å². The van der Waals surface area contributed by atoms with E-state index in [1.807, 2.05) is 24.5 Å². The van der Waals surface area contributed by atoms with E-state index in [4.69, 9.17) is 0 Å². The summed E-state index contributed by atoms with van der Waals surface area (Å²) in [4.78, 5) is 18.4. The van der Waals surface area contributed by atoms with Gasteiger partial charge in [0.25, 0.3) is 0 Å². The lowest BCUT2D eigenvalue weighted by molar-refractivity contribution is -0.117. The number of benzene rings is 1. The lowest BCUT2D eigenvalue weighted by atomic mass is 10.0. The second kappa shape index (κ2) is 8.18. The number of nitrogens with one attached hydrogen (secondary N) is 1. The van der Waals surface area contributed by atoms with Crippen LogP contribution in [0.15, 0.2) is 29.2 Å². The number of amides is 1. The zero-order chi connectivity index (χ0) is 16.1. The molecule has 0 aromatic heterocycles. The highest BCUT2D eigenvalue weighted by Gasteiger charge is 2.26. The van der Waals surface area contributed by atoms with E-state index in [0.717, 1.165) is 24.8 Å². The molecule has 2 saturated heterocycles. The predicted molar refractivity (Wildman–Crippen MR) is 97.1 cm³/mol. The molecular weight excluding hydrogens is 306 g/mol. The number of likely N-dealkylation sites (tertiary alicyclic amines) is 2. The molecule has 0 atom stereocenters. The van der Waals surface area contributed by atoms with Crippen molar-refractivity contribution >= 4 is 23.4 Å². The first-order valence-electron chi connectivity index (χ1n) is 8.65. The topological polar surface area (TPSA) is 35.6 Å². The van der Waals surface area contributed by atoms with Gasteiger partial charge < -0.3 is 10.2 Å². The molecule has 0 radical (unpaired) electrons. The third-order valence-corrected chi connectivity index (χ3v) is 5.66. The highest BCUT2D eigenvalue weighted by molar-refractivity contribution is 7.98. The number of thioether (sulfide) groups is 1. The Morgan fingerprint density at radius 1 is 1.22 bits per heavy atom. The monoisotopic (exact) mass is 333 g/mol. The summed E-state index contributed by atoms with van der Waals surface area (Å²) in [5, 5.41) is 3.03. The van der Waals surface area contributed by atoms with Gasteiger partial charge in [-0.1, -0.05) is 6.07 Å². The third-order valence-electron chi connectivity index (χ3n) is 4.93. The summed E-state index contributed by atoms with van der Waals surface area (Å²) in [7, 11) is 0. The Balaban J connectivity index is 1.43. The Kier molecular flexibility index (Phi) is 5.97. The van der Waals surface area contributed by atoms with E-state index in [2.05, 4.69) is 21.2 Å². The van der Waals surface area contributed by atoms with Gasteiger partial charge in [-0.05, 0) is 63.2 Å². The van der Waals surface area contributed by atoms with Crippen molar-refractivity contribution in [3.8, 4) is 0 Å². The Bertz CT molecular complexity index is 523. The van der Waals surface area contributed by atoms with Crippen LogP contribution >= 0.6 is 11.8 Å². The Hall–Kier alpha value is -1.04. The average Bonchev–Trinajstić information content (AvgIpc) is 3.10. The molecule has 5 heteroatoms. The van der Waals surface area contributed by atoms with Gasteiger partial charge in [-0.15, -0.1) is 11.8 Å². The lowest BCUT2D eigenvalue weighted by Crippen LogP contribution is -2.45. The number of piperidine rings is 1. The Morgan fingerprint density at radius 3 is 2.65 bits per heavy atom. The van der Waals surface area contributed by atoms with E-state index >= 15 is 0 Å². The first kappa shape index (κ1) is 16.8. The fourth-order valence-corrected chi connectivity index (χ4v) is 4.11. The molecule has 1 aromatic rings. The maximum absolute atomic E-state index is 12.2. The summed E-state index contributed by atoms with van der Waals surface area (Å²) in [5.41, 5.74) is 0.897. The van der Waals surface area contributed by atoms with E-state index < -0.39 is 0 Å². The zero-order valence-corrected chi connectivity index (χ0v) is 14.8.